The standard InChI is InChI=1S/C8H10Cl3N3/c1-3-5-4-6(12-2)14-7(13-5)8(9,10)11/h4H,3H2,1-2H3,(H,12,13,14). The van der Waals surface area contributed by atoms with Crippen LogP contribution >= 0.6 is 34.8 Å². The number of hydrogen-bond donors (Lipinski definition) is 1. The van der Waals surface area contributed by atoms with E-state index in [1.54, 1.807) is 7.05 Å². The van der Waals surface area contributed by atoms with E-state index in [1.165, 1.54) is 0 Å². The number of nitrogens with zero attached hydrogens (tertiary/aromatic N) is 2. The van der Waals surface area contributed by atoms with E-state index in [2.05, 4.69) is 15.3 Å². The molecule has 0 saturated heterocycles. The number of rotatable bonds is 2. The fourth-order valence-electron chi connectivity index (χ4n) is 0.933. The van der Waals surface area contributed by atoms with Gasteiger partial charge >= 0.3 is 0 Å². The van der Waals surface area contributed by atoms with E-state index in [-0.39, 0.29) is 5.82 Å². The minimum absolute atomic E-state index is 0.200. The molecule has 0 amide bonds. The van der Waals surface area contributed by atoms with E-state index in [0.29, 0.717) is 5.82 Å². The third-order valence-electron chi connectivity index (χ3n) is 1.65. The summed E-state index contributed by atoms with van der Waals surface area (Å²) in [7, 11) is 1.75. The summed E-state index contributed by atoms with van der Waals surface area (Å²) in [5.74, 6) is 0.851. The van der Waals surface area contributed by atoms with Gasteiger partial charge in [0.05, 0.1) is 0 Å². The highest BCUT2D eigenvalue weighted by Crippen LogP contribution is 2.36. The number of aromatic nitrogens is 2. The van der Waals surface area contributed by atoms with Gasteiger partial charge in [-0.05, 0) is 6.42 Å². The Labute approximate surface area is 97.8 Å². The Morgan fingerprint density at radius 1 is 1.36 bits per heavy atom. The molecule has 0 atom stereocenters. The molecule has 0 aliphatic carbocycles. The molecule has 0 spiro atoms. The van der Waals surface area contributed by atoms with Crippen LogP contribution in [0.25, 0.3) is 0 Å². The van der Waals surface area contributed by atoms with E-state index >= 15 is 0 Å². The maximum absolute atomic E-state index is 5.69. The van der Waals surface area contributed by atoms with Crippen molar-refractivity contribution >= 4 is 40.6 Å². The number of alkyl halides is 3. The summed E-state index contributed by atoms with van der Waals surface area (Å²) in [6, 6.07) is 1.82. The lowest BCUT2D eigenvalue weighted by atomic mass is 10.3. The molecule has 0 aliphatic rings. The predicted molar refractivity (Wildman–Crippen MR) is 60.2 cm³/mol. The Morgan fingerprint density at radius 3 is 2.43 bits per heavy atom. The Morgan fingerprint density at radius 2 is 2.00 bits per heavy atom. The fourth-order valence-corrected chi connectivity index (χ4v) is 1.19. The van der Waals surface area contributed by atoms with Crippen molar-refractivity contribution in [1.29, 1.82) is 0 Å². The zero-order valence-electron chi connectivity index (χ0n) is 7.81. The zero-order valence-corrected chi connectivity index (χ0v) is 10.1. The van der Waals surface area contributed by atoms with E-state index in [1.807, 2.05) is 13.0 Å². The van der Waals surface area contributed by atoms with Crippen LogP contribution in [-0.2, 0) is 10.2 Å². The summed E-state index contributed by atoms with van der Waals surface area (Å²) < 4.78 is -1.57. The third kappa shape index (κ3) is 2.87. The average molecular weight is 255 g/mol. The van der Waals surface area contributed by atoms with Crippen molar-refractivity contribution in [2.45, 2.75) is 17.1 Å². The van der Waals surface area contributed by atoms with Gasteiger partial charge in [0.25, 0.3) is 0 Å². The van der Waals surface area contributed by atoms with Crippen molar-refractivity contribution < 1.29 is 0 Å². The van der Waals surface area contributed by atoms with E-state index < -0.39 is 3.79 Å². The number of nitrogens with one attached hydrogen (secondary N) is 1. The topological polar surface area (TPSA) is 37.8 Å². The molecule has 6 heteroatoms. The second-order valence-electron chi connectivity index (χ2n) is 2.67. The number of aryl methyl sites for hydroxylation is 1. The van der Waals surface area contributed by atoms with Crippen LogP contribution in [0.2, 0.25) is 0 Å². The second-order valence-corrected chi connectivity index (χ2v) is 4.95. The molecular weight excluding hydrogens is 244 g/mol. The molecule has 0 aromatic carbocycles. The van der Waals surface area contributed by atoms with Gasteiger partial charge in [-0.15, -0.1) is 0 Å². The normalized spacial score (nSPS) is 11.5. The molecule has 0 unspecified atom stereocenters. The van der Waals surface area contributed by atoms with Gasteiger partial charge in [-0.1, -0.05) is 41.7 Å². The van der Waals surface area contributed by atoms with Gasteiger partial charge in [0.15, 0.2) is 5.82 Å². The van der Waals surface area contributed by atoms with Crippen LogP contribution in [0.1, 0.15) is 18.4 Å². The van der Waals surface area contributed by atoms with E-state index in [9.17, 15) is 0 Å². The van der Waals surface area contributed by atoms with E-state index in [4.69, 9.17) is 34.8 Å². The summed E-state index contributed by atoms with van der Waals surface area (Å²) >= 11 is 17.1. The molecule has 0 saturated carbocycles. The Kier molecular flexibility index (Phi) is 3.81. The van der Waals surface area contributed by atoms with Crippen LogP contribution in [0, 0.1) is 0 Å². The molecule has 3 nitrogen and oxygen atoms in total. The first-order valence-corrected chi connectivity index (χ1v) is 5.23. The molecule has 1 N–H and O–H groups in total. The number of anilines is 1. The Bertz CT molecular complexity index is 300. The van der Waals surface area contributed by atoms with Crippen LogP contribution in [0.15, 0.2) is 6.07 Å². The molecule has 1 aromatic heterocycles. The monoisotopic (exact) mass is 253 g/mol. The van der Waals surface area contributed by atoms with Crippen LogP contribution < -0.4 is 5.32 Å². The van der Waals surface area contributed by atoms with Crippen molar-refractivity contribution in [2.24, 2.45) is 0 Å². The SMILES string of the molecule is CCc1cc(NC)nc(C(Cl)(Cl)Cl)n1. The van der Waals surface area contributed by atoms with Gasteiger partial charge < -0.3 is 5.32 Å². The largest absolute Gasteiger partial charge is 0.373 e. The molecule has 78 valence electrons. The average Bonchev–Trinajstić information content (AvgIpc) is 2.15. The van der Waals surface area contributed by atoms with Gasteiger partial charge in [-0.3, -0.25) is 0 Å². The molecule has 1 heterocycles. The molecule has 0 bridgehead atoms. The maximum Gasteiger partial charge on any atom is 0.250 e. The highest BCUT2D eigenvalue weighted by molar-refractivity contribution is 6.66. The summed E-state index contributed by atoms with van der Waals surface area (Å²) in [5, 5.41) is 2.89. The molecule has 0 radical (unpaired) electrons. The minimum atomic E-state index is -1.57. The van der Waals surface area contributed by atoms with Gasteiger partial charge in [0, 0.05) is 18.8 Å². The molecule has 1 rings (SSSR count). The molecule has 14 heavy (non-hydrogen) atoms. The number of hydrogen-bond acceptors (Lipinski definition) is 3. The summed E-state index contributed by atoms with van der Waals surface area (Å²) in [6.07, 6.45) is 0.769. The maximum atomic E-state index is 5.69. The lowest BCUT2D eigenvalue weighted by Gasteiger charge is -2.11. The second kappa shape index (κ2) is 4.51. The molecular formula is C8H10Cl3N3. The lowest BCUT2D eigenvalue weighted by Crippen LogP contribution is -2.10. The number of halogens is 3. The highest BCUT2D eigenvalue weighted by atomic mass is 35.6. The zero-order chi connectivity index (χ0) is 10.8. The Balaban J connectivity index is 3.17. The first-order chi connectivity index (χ1) is 6.47. The summed E-state index contributed by atoms with van der Waals surface area (Å²) in [6.45, 7) is 1.98. The summed E-state index contributed by atoms with van der Waals surface area (Å²) in [4.78, 5) is 8.18. The smallest absolute Gasteiger partial charge is 0.250 e. The van der Waals surface area contributed by atoms with Gasteiger partial charge in [-0.25, -0.2) is 9.97 Å². The van der Waals surface area contributed by atoms with Crippen LogP contribution in [-0.4, -0.2) is 17.0 Å². The minimum Gasteiger partial charge on any atom is -0.373 e. The quantitative estimate of drug-likeness (QED) is 0.825. The molecule has 0 aliphatic heterocycles. The molecule has 1 aromatic rings. The van der Waals surface area contributed by atoms with Crippen molar-refractivity contribution in [3.8, 4) is 0 Å². The molecule has 0 fully saturated rings. The van der Waals surface area contributed by atoms with Crippen LogP contribution in [0.3, 0.4) is 0 Å². The first-order valence-electron chi connectivity index (χ1n) is 4.10. The van der Waals surface area contributed by atoms with Gasteiger partial charge in [0.1, 0.15) is 5.82 Å². The van der Waals surface area contributed by atoms with Crippen LogP contribution in [0.4, 0.5) is 5.82 Å². The van der Waals surface area contributed by atoms with Crippen molar-refractivity contribution in [1.82, 2.24) is 9.97 Å². The van der Waals surface area contributed by atoms with Crippen molar-refractivity contribution in [2.75, 3.05) is 12.4 Å². The fraction of sp³-hybridized carbons (Fsp3) is 0.500. The first kappa shape index (κ1) is 11.8. The predicted octanol–water partition coefficient (Wildman–Crippen LogP) is 2.91. The van der Waals surface area contributed by atoms with Crippen LogP contribution in [0.5, 0.6) is 0 Å². The lowest BCUT2D eigenvalue weighted by molar-refractivity contribution is 0.906. The van der Waals surface area contributed by atoms with Crippen molar-refractivity contribution in [3.05, 3.63) is 17.6 Å². The van der Waals surface area contributed by atoms with E-state index in [0.717, 1.165) is 12.1 Å². The highest BCUT2D eigenvalue weighted by Gasteiger charge is 2.27. The van der Waals surface area contributed by atoms with Crippen molar-refractivity contribution in [3.63, 3.8) is 0 Å². The van der Waals surface area contributed by atoms with Gasteiger partial charge in [-0.2, -0.15) is 0 Å². The van der Waals surface area contributed by atoms with Gasteiger partial charge in [0.2, 0.25) is 3.79 Å². The summed E-state index contributed by atoms with van der Waals surface area (Å²) in [5.41, 5.74) is 0.839. The Hall–Kier alpha value is -0.250. The third-order valence-corrected chi connectivity index (χ3v) is 2.16.